The molecular weight excluding hydrogens is 406 g/mol. The van der Waals surface area contributed by atoms with E-state index in [4.69, 9.17) is 4.74 Å². The minimum Gasteiger partial charge on any atom is -0.488 e. The molecule has 0 saturated carbocycles. The van der Waals surface area contributed by atoms with Gasteiger partial charge in [-0.1, -0.05) is 53.7 Å². The number of aromatic amines is 2. The van der Waals surface area contributed by atoms with E-state index in [9.17, 15) is 14.4 Å². The Balaban J connectivity index is 1.54. The molecule has 10 heteroatoms. The number of nitrogens with one attached hydrogen (secondary N) is 3. The van der Waals surface area contributed by atoms with Crippen molar-refractivity contribution in [2.45, 2.75) is 18.6 Å². The van der Waals surface area contributed by atoms with E-state index in [1.807, 2.05) is 54.4 Å². The molecule has 0 aliphatic carbocycles. The lowest BCUT2D eigenvalue weighted by Gasteiger charge is -2.09. The summed E-state index contributed by atoms with van der Waals surface area (Å²) < 4.78 is 5.88. The molecule has 30 heavy (non-hydrogen) atoms. The standard InChI is InChI=1S/C20H19N5O4S/c1-13-5-4-6-14(9-13)11-29-16-8-3-2-7-15(16)10-21-23-17(26)12-30-19-18(27)22-20(28)25-24-19/h2-10H,11-12H2,1H3,(H,23,26)(H2,22,25,27,28)/b21-10+. The van der Waals surface area contributed by atoms with E-state index in [0.29, 0.717) is 17.9 Å². The zero-order valence-electron chi connectivity index (χ0n) is 16.0. The number of aryl methyl sites for hydroxylation is 1. The Bertz CT molecular complexity index is 1170. The fraction of sp³-hybridized carbons (Fsp3) is 0.150. The third-order valence-electron chi connectivity index (χ3n) is 3.81. The number of thioether (sulfide) groups is 1. The molecule has 0 fully saturated rings. The van der Waals surface area contributed by atoms with Crippen LogP contribution in [0.5, 0.6) is 5.75 Å². The highest BCUT2D eigenvalue weighted by Gasteiger charge is 2.07. The van der Waals surface area contributed by atoms with Crippen LogP contribution in [0.4, 0.5) is 0 Å². The molecule has 0 spiro atoms. The van der Waals surface area contributed by atoms with E-state index in [2.05, 4.69) is 26.8 Å². The van der Waals surface area contributed by atoms with Crippen LogP contribution >= 0.6 is 11.8 Å². The quantitative estimate of drug-likeness (QED) is 0.286. The van der Waals surface area contributed by atoms with Crippen molar-refractivity contribution in [3.05, 3.63) is 86.1 Å². The predicted octanol–water partition coefficient (Wildman–Crippen LogP) is 1.59. The van der Waals surface area contributed by atoms with E-state index in [0.717, 1.165) is 22.9 Å². The molecule has 0 saturated heterocycles. The summed E-state index contributed by atoms with van der Waals surface area (Å²) >= 11 is 0.884. The second kappa shape index (κ2) is 10.2. The maximum absolute atomic E-state index is 11.9. The van der Waals surface area contributed by atoms with Gasteiger partial charge in [0.15, 0.2) is 5.03 Å². The summed E-state index contributed by atoms with van der Waals surface area (Å²) in [6, 6.07) is 15.4. The SMILES string of the molecule is Cc1cccc(COc2ccccc2/C=N/NC(=O)CSc2n[nH]c(=O)[nH]c2=O)c1. The van der Waals surface area contributed by atoms with Gasteiger partial charge in [-0.25, -0.2) is 15.3 Å². The van der Waals surface area contributed by atoms with Crippen LogP contribution in [0.25, 0.3) is 0 Å². The first-order valence-electron chi connectivity index (χ1n) is 8.92. The Labute approximate surface area is 175 Å². The number of benzene rings is 2. The molecule has 1 aromatic heterocycles. The second-order valence-corrected chi connectivity index (χ2v) is 7.17. The van der Waals surface area contributed by atoms with Gasteiger partial charge in [0.05, 0.1) is 12.0 Å². The van der Waals surface area contributed by atoms with Crippen molar-refractivity contribution in [3.8, 4) is 5.75 Å². The van der Waals surface area contributed by atoms with Crippen molar-refractivity contribution >= 4 is 23.9 Å². The first-order valence-corrected chi connectivity index (χ1v) is 9.91. The minimum atomic E-state index is -0.707. The lowest BCUT2D eigenvalue weighted by atomic mass is 10.1. The zero-order valence-corrected chi connectivity index (χ0v) is 16.9. The van der Waals surface area contributed by atoms with Gasteiger partial charge in [0.2, 0.25) is 5.91 Å². The summed E-state index contributed by atoms with van der Waals surface area (Å²) in [4.78, 5) is 36.4. The number of hydrogen-bond acceptors (Lipinski definition) is 7. The van der Waals surface area contributed by atoms with E-state index in [1.54, 1.807) is 0 Å². The molecule has 154 valence electrons. The molecule has 3 rings (SSSR count). The number of carbonyl (C=O) groups is 1. The summed E-state index contributed by atoms with van der Waals surface area (Å²) in [6.07, 6.45) is 1.49. The summed E-state index contributed by atoms with van der Waals surface area (Å²) in [7, 11) is 0. The number of H-pyrrole nitrogens is 2. The lowest BCUT2D eigenvalue weighted by Crippen LogP contribution is -2.26. The Kier molecular flexibility index (Phi) is 7.17. The monoisotopic (exact) mass is 425 g/mol. The maximum atomic E-state index is 11.9. The Morgan fingerprint density at radius 2 is 2.07 bits per heavy atom. The van der Waals surface area contributed by atoms with Gasteiger partial charge in [0, 0.05) is 5.56 Å². The van der Waals surface area contributed by atoms with Gasteiger partial charge in [-0.3, -0.25) is 14.6 Å². The van der Waals surface area contributed by atoms with Crippen LogP contribution in [0.1, 0.15) is 16.7 Å². The highest BCUT2D eigenvalue weighted by Crippen LogP contribution is 2.18. The van der Waals surface area contributed by atoms with Crippen molar-refractivity contribution < 1.29 is 9.53 Å². The van der Waals surface area contributed by atoms with Crippen LogP contribution in [-0.2, 0) is 11.4 Å². The van der Waals surface area contributed by atoms with Crippen LogP contribution in [0, 0.1) is 6.92 Å². The molecule has 9 nitrogen and oxygen atoms in total. The molecule has 0 unspecified atom stereocenters. The first-order chi connectivity index (χ1) is 14.5. The number of hydrogen-bond donors (Lipinski definition) is 3. The largest absolute Gasteiger partial charge is 0.488 e. The summed E-state index contributed by atoms with van der Waals surface area (Å²) in [5, 5.41) is 9.62. The lowest BCUT2D eigenvalue weighted by molar-refractivity contribution is -0.118. The number of amides is 1. The van der Waals surface area contributed by atoms with Crippen LogP contribution in [0.3, 0.4) is 0 Å². The van der Waals surface area contributed by atoms with Gasteiger partial charge < -0.3 is 4.74 Å². The molecule has 0 aliphatic rings. The molecule has 1 heterocycles. The number of aromatic nitrogens is 3. The van der Waals surface area contributed by atoms with E-state index < -0.39 is 17.2 Å². The van der Waals surface area contributed by atoms with E-state index >= 15 is 0 Å². The Morgan fingerprint density at radius 3 is 2.87 bits per heavy atom. The van der Waals surface area contributed by atoms with Crippen LogP contribution in [0.2, 0.25) is 0 Å². The number of ether oxygens (including phenoxy) is 1. The topological polar surface area (TPSA) is 129 Å². The number of nitrogens with zero attached hydrogens (tertiary/aromatic N) is 2. The molecule has 2 aromatic carbocycles. The van der Waals surface area contributed by atoms with E-state index in [-0.39, 0.29) is 10.8 Å². The molecular formula is C20H19N5O4S. The van der Waals surface area contributed by atoms with Gasteiger partial charge in [-0.05, 0) is 24.6 Å². The Hall–Kier alpha value is -3.66. The average Bonchev–Trinajstić information content (AvgIpc) is 2.72. The molecule has 0 aliphatic heterocycles. The minimum absolute atomic E-state index is 0.0105. The van der Waals surface area contributed by atoms with Crippen molar-refractivity contribution in [1.82, 2.24) is 20.6 Å². The maximum Gasteiger partial charge on any atom is 0.342 e. The van der Waals surface area contributed by atoms with Crippen LogP contribution in [-0.4, -0.2) is 33.1 Å². The Morgan fingerprint density at radius 1 is 1.23 bits per heavy atom. The fourth-order valence-electron chi connectivity index (χ4n) is 2.46. The number of carbonyl (C=O) groups excluding carboxylic acids is 1. The van der Waals surface area contributed by atoms with Gasteiger partial charge in [-0.15, -0.1) is 0 Å². The van der Waals surface area contributed by atoms with Crippen molar-refractivity contribution in [2.24, 2.45) is 5.10 Å². The number of rotatable bonds is 8. The van der Waals surface area contributed by atoms with E-state index in [1.165, 1.54) is 6.21 Å². The van der Waals surface area contributed by atoms with Crippen molar-refractivity contribution in [1.29, 1.82) is 0 Å². The van der Waals surface area contributed by atoms with Crippen LogP contribution < -0.4 is 21.4 Å². The van der Waals surface area contributed by atoms with Gasteiger partial charge >= 0.3 is 5.69 Å². The zero-order chi connectivity index (χ0) is 21.3. The number of hydrazone groups is 1. The molecule has 3 aromatic rings. The van der Waals surface area contributed by atoms with Gasteiger partial charge in [-0.2, -0.15) is 10.2 Å². The summed E-state index contributed by atoms with van der Waals surface area (Å²) in [5.74, 6) is 0.113. The normalized spacial score (nSPS) is 10.8. The first kappa shape index (κ1) is 21.1. The van der Waals surface area contributed by atoms with Crippen molar-refractivity contribution in [2.75, 3.05) is 5.75 Å². The molecule has 0 atom stereocenters. The molecule has 0 radical (unpaired) electrons. The fourth-order valence-corrected chi connectivity index (χ4v) is 3.08. The smallest absolute Gasteiger partial charge is 0.342 e. The predicted molar refractivity (Wildman–Crippen MR) is 114 cm³/mol. The van der Waals surface area contributed by atoms with Crippen LogP contribution in [0.15, 0.2) is 68.2 Å². The third-order valence-corrected chi connectivity index (χ3v) is 4.77. The summed E-state index contributed by atoms with van der Waals surface area (Å²) in [6.45, 7) is 2.44. The number of para-hydroxylation sites is 1. The summed E-state index contributed by atoms with van der Waals surface area (Å²) in [5.41, 5.74) is 3.94. The van der Waals surface area contributed by atoms with Crippen molar-refractivity contribution in [3.63, 3.8) is 0 Å². The molecule has 3 N–H and O–H groups in total. The van der Waals surface area contributed by atoms with Gasteiger partial charge in [0.1, 0.15) is 12.4 Å². The van der Waals surface area contributed by atoms with Gasteiger partial charge in [0.25, 0.3) is 5.56 Å². The molecule has 0 bridgehead atoms. The highest BCUT2D eigenvalue weighted by atomic mass is 32.2. The third kappa shape index (κ3) is 6.17. The second-order valence-electron chi connectivity index (χ2n) is 6.21. The molecule has 1 amide bonds. The highest BCUT2D eigenvalue weighted by molar-refractivity contribution is 7.99. The average molecular weight is 425 g/mol.